The highest BCUT2D eigenvalue weighted by Gasteiger charge is 2.43. The van der Waals surface area contributed by atoms with Crippen molar-refractivity contribution in [3.63, 3.8) is 0 Å². The van der Waals surface area contributed by atoms with Gasteiger partial charge in [0.15, 0.2) is 0 Å². The van der Waals surface area contributed by atoms with Crippen LogP contribution in [0.15, 0.2) is 0 Å². The fraction of sp³-hybridized carbons (Fsp3) is 1.00. The quantitative estimate of drug-likeness (QED) is 0.652. The fourth-order valence-corrected chi connectivity index (χ4v) is 2.76. The zero-order chi connectivity index (χ0) is 9.43. The Bertz CT molecular complexity index is 204. The molecule has 2 N–H and O–H groups in total. The predicted octanol–water partition coefficient (Wildman–Crippen LogP) is 0.855. The van der Waals surface area contributed by atoms with Crippen LogP contribution >= 0.6 is 0 Å². The Kier molecular flexibility index (Phi) is 2.26. The molecule has 3 fully saturated rings. The van der Waals surface area contributed by atoms with Gasteiger partial charge in [0.1, 0.15) is 5.72 Å². The Balaban J connectivity index is 1.66. The highest BCUT2D eigenvalue weighted by Crippen LogP contribution is 2.39. The maximum absolute atomic E-state index is 6.27. The molecule has 0 radical (unpaired) electrons. The van der Waals surface area contributed by atoms with Gasteiger partial charge in [-0.2, -0.15) is 0 Å². The van der Waals surface area contributed by atoms with Crippen molar-refractivity contribution >= 4 is 0 Å². The van der Waals surface area contributed by atoms with Crippen LogP contribution in [0.5, 0.6) is 0 Å². The number of hydrogen-bond acceptors (Lipinski definition) is 3. The summed E-state index contributed by atoms with van der Waals surface area (Å²) < 4.78 is 6.27. The summed E-state index contributed by atoms with van der Waals surface area (Å²) in [4.78, 5) is 0. The van der Waals surface area contributed by atoms with Gasteiger partial charge in [-0.15, -0.1) is 0 Å². The number of rotatable bonds is 1. The molecule has 14 heavy (non-hydrogen) atoms. The van der Waals surface area contributed by atoms with E-state index in [4.69, 9.17) is 4.74 Å². The highest BCUT2D eigenvalue weighted by molar-refractivity contribution is 4.93. The van der Waals surface area contributed by atoms with Gasteiger partial charge in [0, 0.05) is 13.1 Å². The molecule has 80 valence electrons. The third-order valence-electron chi connectivity index (χ3n) is 3.75. The zero-order valence-electron chi connectivity index (χ0n) is 8.72. The van der Waals surface area contributed by atoms with E-state index < -0.39 is 0 Å². The normalized spacial score (nSPS) is 44.1. The summed E-state index contributed by atoms with van der Waals surface area (Å²) in [5.41, 5.74) is -0.0102. The standard InChI is InChI=1S/C11H20N2O/c1-5-11(8-12-6-1)13-7-4-10(14-11)9-2-3-9/h9-10,12-13H,1-8H2. The summed E-state index contributed by atoms with van der Waals surface area (Å²) in [5, 5.41) is 7.00. The van der Waals surface area contributed by atoms with Crippen LogP contribution in [0.4, 0.5) is 0 Å². The van der Waals surface area contributed by atoms with Crippen LogP contribution in [0.25, 0.3) is 0 Å². The van der Waals surface area contributed by atoms with Gasteiger partial charge in [-0.1, -0.05) is 0 Å². The molecule has 2 heterocycles. The minimum Gasteiger partial charge on any atom is -0.356 e. The van der Waals surface area contributed by atoms with Gasteiger partial charge in [0.05, 0.1) is 6.10 Å². The smallest absolute Gasteiger partial charge is 0.132 e. The molecule has 2 saturated heterocycles. The van der Waals surface area contributed by atoms with Crippen molar-refractivity contribution < 1.29 is 4.74 Å². The molecular weight excluding hydrogens is 176 g/mol. The molecule has 2 aliphatic heterocycles. The van der Waals surface area contributed by atoms with Crippen LogP contribution in [0.1, 0.15) is 32.1 Å². The van der Waals surface area contributed by atoms with Crippen molar-refractivity contribution in [3.05, 3.63) is 0 Å². The van der Waals surface area contributed by atoms with Crippen LogP contribution in [0.3, 0.4) is 0 Å². The molecule has 0 aromatic heterocycles. The second-order valence-electron chi connectivity index (χ2n) is 4.98. The number of piperidine rings is 1. The molecule has 3 rings (SSSR count). The molecule has 2 unspecified atom stereocenters. The first-order chi connectivity index (χ1) is 6.88. The second-order valence-corrected chi connectivity index (χ2v) is 4.98. The van der Waals surface area contributed by atoms with Gasteiger partial charge < -0.3 is 10.1 Å². The molecule has 1 aliphatic carbocycles. The van der Waals surface area contributed by atoms with Gasteiger partial charge in [0.2, 0.25) is 0 Å². The summed E-state index contributed by atoms with van der Waals surface area (Å²) >= 11 is 0. The van der Waals surface area contributed by atoms with Crippen LogP contribution in [-0.2, 0) is 4.74 Å². The van der Waals surface area contributed by atoms with E-state index in [2.05, 4.69) is 10.6 Å². The van der Waals surface area contributed by atoms with Crippen LogP contribution in [-0.4, -0.2) is 31.5 Å². The molecule has 3 aliphatic rings. The zero-order valence-corrected chi connectivity index (χ0v) is 8.72. The average Bonchev–Trinajstić information content (AvgIpc) is 3.02. The number of hydrogen-bond donors (Lipinski definition) is 2. The summed E-state index contributed by atoms with van der Waals surface area (Å²) in [6.45, 7) is 3.29. The minimum absolute atomic E-state index is 0.0102. The molecule has 1 saturated carbocycles. The minimum atomic E-state index is -0.0102. The van der Waals surface area contributed by atoms with Crippen LogP contribution in [0.2, 0.25) is 0 Å². The third-order valence-corrected chi connectivity index (χ3v) is 3.75. The first-order valence-electron chi connectivity index (χ1n) is 6.02. The molecule has 2 atom stereocenters. The average molecular weight is 196 g/mol. The van der Waals surface area contributed by atoms with Crippen molar-refractivity contribution in [1.82, 2.24) is 10.6 Å². The Labute approximate surface area is 85.6 Å². The van der Waals surface area contributed by atoms with E-state index in [0.29, 0.717) is 6.10 Å². The largest absolute Gasteiger partial charge is 0.356 e. The molecule has 0 aromatic carbocycles. The van der Waals surface area contributed by atoms with Crippen molar-refractivity contribution in [3.8, 4) is 0 Å². The summed E-state index contributed by atoms with van der Waals surface area (Å²) in [7, 11) is 0. The fourth-order valence-electron chi connectivity index (χ4n) is 2.76. The van der Waals surface area contributed by atoms with E-state index in [0.717, 1.165) is 25.6 Å². The maximum atomic E-state index is 6.27. The third kappa shape index (κ3) is 1.69. The molecule has 3 nitrogen and oxygen atoms in total. The van der Waals surface area contributed by atoms with Gasteiger partial charge >= 0.3 is 0 Å². The van der Waals surface area contributed by atoms with E-state index in [1.165, 1.54) is 32.1 Å². The lowest BCUT2D eigenvalue weighted by Crippen LogP contribution is -2.62. The number of ether oxygens (including phenoxy) is 1. The topological polar surface area (TPSA) is 33.3 Å². The highest BCUT2D eigenvalue weighted by atomic mass is 16.5. The monoisotopic (exact) mass is 196 g/mol. The molecule has 3 heteroatoms. The Morgan fingerprint density at radius 2 is 2.07 bits per heavy atom. The maximum Gasteiger partial charge on any atom is 0.132 e. The summed E-state index contributed by atoms with van der Waals surface area (Å²) in [5.74, 6) is 0.885. The van der Waals surface area contributed by atoms with E-state index in [1.54, 1.807) is 0 Å². The summed E-state index contributed by atoms with van der Waals surface area (Å²) in [6, 6.07) is 0. The molecular formula is C11H20N2O. The van der Waals surface area contributed by atoms with Gasteiger partial charge in [-0.25, -0.2) is 0 Å². The molecule has 0 aromatic rings. The van der Waals surface area contributed by atoms with Gasteiger partial charge in [-0.3, -0.25) is 5.32 Å². The first kappa shape index (κ1) is 9.13. The van der Waals surface area contributed by atoms with E-state index in [-0.39, 0.29) is 5.72 Å². The van der Waals surface area contributed by atoms with E-state index in [1.807, 2.05) is 0 Å². The lowest BCUT2D eigenvalue weighted by Gasteiger charge is -2.45. The van der Waals surface area contributed by atoms with Crippen molar-refractivity contribution in [2.75, 3.05) is 19.6 Å². The van der Waals surface area contributed by atoms with Crippen LogP contribution in [0, 0.1) is 5.92 Å². The van der Waals surface area contributed by atoms with Crippen molar-refractivity contribution in [2.45, 2.75) is 43.9 Å². The van der Waals surface area contributed by atoms with E-state index >= 15 is 0 Å². The first-order valence-corrected chi connectivity index (χ1v) is 6.02. The molecule has 0 bridgehead atoms. The van der Waals surface area contributed by atoms with Crippen molar-refractivity contribution in [1.29, 1.82) is 0 Å². The predicted molar refractivity (Wildman–Crippen MR) is 55.1 cm³/mol. The Morgan fingerprint density at radius 1 is 1.14 bits per heavy atom. The van der Waals surface area contributed by atoms with Crippen LogP contribution < -0.4 is 10.6 Å². The number of nitrogens with one attached hydrogen (secondary N) is 2. The van der Waals surface area contributed by atoms with Crippen molar-refractivity contribution in [2.24, 2.45) is 5.92 Å². The van der Waals surface area contributed by atoms with Gasteiger partial charge in [0.25, 0.3) is 0 Å². The van der Waals surface area contributed by atoms with Gasteiger partial charge in [-0.05, 0) is 44.6 Å². The SMILES string of the molecule is C1CNCC2(C1)NCCC(C1CC1)O2. The second kappa shape index (κ2) is 3.47. The lowest BCUT2D eigenvalue weighted by molar-refractivity contribution is -0.157. The Hall–Kier alpha value is -0.120. The Morgan fingerprint density at radius 3 is 2.79 bits per heavy atom. The lowest BCUT2D eigenvalue weighted by atomic mass is 9.99. The molecule has 1 spiro atoms. The molecule has 0 amide bonds. The summed E-state index contributed by atoms with van der Waals surface area (Å²) in [6.07, 6.45) is 6.98. The van der Waals surface area contributed by atoms with E-state index in [9.17, 15) is 0 Å².